The quantitative estimate of drug-likeness (QED) is 0.0804. The van der Waals surface area contributed by atoms with Crippen LogP contribution in [0.25, 0.3) is 11.1 Å². The first-order chi connectivity index (χ1) is 28.1. The Kier molecular flexibility index (Phi) is 14.0. The molecule has 0 spiro atoms. The lowest BCUT2D eigenvalue weighted by Crippen LogP contribution is -2.04. The van der Waals surface area contributed by atoms with E-state index in [1.807, 2.05) is 72.8 Å². The van der Waals surface area contributed by atoms with Crippen LogP contribution >= 0.6 is 31.9 Å². The summed E-state index contributed by atoms with van der Waals surface area (Å²) in [5.74, 6) is 4.12. The molecule has 288 valence electrons. The lowest BCUT2D eigenvalue weighted by atomic mass is 9.92. The molecule has 0 radical (unpaired) electrons. The minimum atomic E-state index is 0.359. The normalized spacial score (nSPS) is 10.9. The van der Waals surface area contributed by atoms with Gasteiger partial charge in [-0.25, -0.2) is 0 Å². The Labute approximate surface area is 352 Å². The number of ether oxygens (including phenoxy) is 5. The molecule has 57 heavy (non-hydrogen) atoms. The van der Waals surface area contributed by atoms with Gasteiger partial charge in [-0.3, -0.25) is 0 Å². The summed E-state index contributed by atoms with van der Waals surface area (Å²) >= 11 is 7.29. The van der Waals surface area contributed by atoms with Crippen LogP contribution in [0.5, 0.6) is 34.5 Å². The van der Waals surface area contributed by atoms with E-state index < -0.39 is 0 Å². The van der Waals surface area contributed by atoms with E-state index >= 15 is 0 Å². The molecule has 0 unspecified atom stereocenters. The highest BCUT2D eigenvalue weighted by atomic mass is 79.9. The minimum Gasteiger partial charge on any atom is -0.497 e. The topological polar surface area (TPSA) is 46.2 Å². The van der Waals surface area contributed by atoms with Crippen molar-refractivity contribution in [1.82, 2.24) is 0 Å². The number of halogens is 2. The molecule has 0 amide bonds. The Morgan fingerprint density at radius 2 is 0.930 bits per heavy atom. The molecule has 7 aromatic carbocycles. The number of methoxy groups -OCH3 is 1. The van der Waals surface area contributed by atoms with Crippen LogP contribution in [0, 0.1) is 0 Å². The van der Waals surface area contributed by atoms with Crippen LogP contribution in [0.4, 0.5) is 0 Å². The summed E-state index contributed by atoms with van der Waals surface area (Å²) in [5, 5.41) is 1.45. The number of benzene rings is 7. The van der Waals surface area contributed by atoms with Crippen molar-refractivity contribution < 1.29 is 23.7 Å². The predicted molar refractivity (Wildman–Crippen MR) is 236 cm³/mol. The van der Waals surface area contributed by atoms with E-state index in [1.165, 1.54) is 0 Å². The monoisotopic (exact) mass is 882 g/mol. The van der Waals surface area contributed by atoms with Gasteiger partial charge in [0.25, 0.3) is 0 Å². The molecule has 0 atom stereocenters. The summed E-state index contributed by atoms with van der Waals surface area (Å²) in [6.45, 7) is 1.22. The smallest absolute Gasteiger partial charge is 0.204 e. The zero-order valence-electron chi connectivity index (χ0n) is 31.8. The second-order valence-corrected chi connectivity index (χ2v) is 14.7. The highest BCUT2D eigenvalue weighted by Crippen LogP contribution is 2.43. The molecular weight excluding hydrogens is 840 g/mol. The van der Waals surface area contributed by atoms with Gasteiger partial charge in [0.05, 0.1) is 7.11 Å². The standard InChI is InChI=1S/C50H44Br2O5/c1-53-44-23-25-47(42(30-44)32-52)46-26-24-45(54-33-37-11-5-2-6-12-37)29-41(46)20-17-40-27-48(55-34-38-13-7-3-8-14-38)50(56-35-39-15-9-4-10-16-39)49(28-40)57-43-21-18-36(31-51)19-22-43/h2-16,18-19,21-30H,17,20,31-35H2,1H3. The molecule has 5 nitrogen and oxygen atoms in total. The van der Waals surface area contributed by atoms with Crippen LogP contribution in [-0.2, 0) is 43.3 Å². The molecule has 0 aromatic heterocycles. The highest BCUT2D eigenvalue weighted by Gasteiger charge is 2.19. The molecule has 0 fully saturated rings. The van der Waals surface area contributed by atoms with Gasteiger partial charge in [-0.1, -0.05) is 147 Å². The summed E-state index contributed by atoms with van der Waals surface area (Å²) in [4.78, 5) is 0. The largest absolute Gasteiger partial charge is 0.497 e. The summed E-state index contributed by atoms with van der Waals surface area (Å²) in [7, 11) is 1.70. The van der Waals surface area contributed by atoms with Gasteiger partial charge in [0, 0.05) is 10.7 Å². The second-order valence-electron chi connectivity index (χ2n) is 13.6. The van der Waals surface area contributed by atoms with Gasteiger partial charge in [0.15, 0.2) is 11.5 Å². The molecule has 0 saturated carbocycles. The van der Waals surface area contributed by atoms with E-state index in [0.29, 0.717) is 54.6 Å². The fourth-order valence-electron chi connectivity index (χ4n) is 6.56. The maximum Gasteiger partial charge on any atom is 0.204 e. The van der Waals surface area contributed by atoms with Crippen molar-refractivity contribution in [3.8, 4) is 45.6 Å². The van der Waals surface area contributed by atoms with Gasteiger partial charge in [0.1, 0.15) is 37.1 Å². The van der Waals surface area contributed by atoms with E-state index in [-0.39, 0.29) is 0 Å². The molecule has 7 aromatic rings. The zero-order chi connectivity index (χ0) is 39.2. The molecule has 7 heteroatoms. The molecule has 7 rings (SSSR count). The summed E-state index contributed by atoms with van der Waals surface area (Å²) in [6.07, 6.45) is 1.43. The van der Waals surface area contributed by atoms with Crippen molar-refractivity contribution >= 4 is 31.9 Å². The summed E-state index contributed by atoms with van der Waals surface area (Å²) in [6, 6.07) is 55.5. The lowest BCUT2D eigenvalue weighted by Gasteiger charge is -2.20. The number of rotatable bonds is 18. The van der Waals surface area contributed by atoms with E-state index in [2.05, 4.69) is 123 Å². The molecule has 0 N–H and O–H groups in total. The third-order valence-electron chi connectivity index (χ3n) is 9.60. The molecule has 0 aliphatic heterocycles. The van der Waals surface area contributed by atoms with Gasteiger partial charge < -0.3 is 23.7 Å². The fraction of sp³-hybridized carbons (Fsp3) is 0.160. The number of hydrogen-bond donors (Lipinski definition) is 0. The van der Waals surface area contributed by atoms with Crippen molar-refractivity contribution in [2.75, 3.05) is 7.11 Å². The van der Waals surface area contributed by atoms with E-state index in [1.54, 1.807) is 7.11 Å². The first kappa shape index (κ1) is 39.7. The second kappa shape index (κ2) is 20.1. The zero-order valence-corrected chi connectivity index (χ0v) is 35.0. The van der Waals surface area contributed by atoms with Crippen LogP contribution in [0.2, 0.25) is 0 Å². The molecular formula is C50H44Br2O5. The summed E-state index contributed by atoms with van der Waals surface area (Å²) < 4.78 is 31.8. The molecule has 0 saturated heterocycles. The fourth-order valence-corrected chi connectivity index (χ4v) is 7.40. The Hall–Kier alpha value is -5.50. The van der Waals surface area contributed by atoms with Gasteiger partial charge in [-0.15, -0.1) is 0 Å². The van der Waals surface area contributed by atoms with Gasteiger partial charge in [0.2, 0.25) is 5.75 Å². The number of hydrogen-bond acceptors (Lipinski definition) is 5. The molecule has 0 aliphatic carbocycles. The highest BCUT2D eigenvalue weighted by molar-refractivity contribution is 9.08. The van der Waals surface area contributed by atoms with Crippen molar-refractivity contribution in [1.29, 1.82) is 0 Å². The summed E-state index contributed by atoms with van der Waals surface area (Å²) in [5.41, 5.74) is 10.0. The van der Waals surface area contributed by atoms with Crippen LogP contribution in [0.1, 0.15) is 38.9 Å². The molecule has 0 aliphatic rings. The predicted octanol–water partition coefficient (Wildman–Crippen LogP) is 13.5. The van der Waals surface area contributed by atoms with Crippen LogP contribution in [0.15, 0.2) is 164 Å². The van der Waals surface area contributed by atoms with Crippen molar-refractivity contribution in [2.45, 2.75) is 43.3 Å². The van der Waals surface area contributed by atoms with Crippen molar-refractivity contribution in [3.63, 3.8) is 0 Å². The SMILES string of the molecule is COc1ccc(-c2ccc(OCc3ccccc3)cc2CCc2cc(OCc3ccccc3)c(OCc3ccccc3)c(Oc3ccc(CBr)cc3)c2)c(CBr)c1. The van der Waals surface area contributed by atoms with Crippen LogP contribution in [-0.4, -0.2) is 7.11 Å². The lowest BCUT2D eigenvalue weighted by molar-refractivity contribution is 0.247. The maximum atomic E-state index is 6.66. The van der Waals surface area contributed by atoms with E-state index in [9.17, 15) is 0 Å². The van der Waals surface area contributed by atoms with Crippen molar-refractivity contribution in [2.24, 2.45) is 0 Å². The van der Waals surface area contributed by atoms with Gasteiger partial charge in [-0.05, 0) is 111 Å². The molecule has 0 bridgehead atoms. The van der Waals surface area contributed by atoms with Crippen LogP contribution < -0.4 is 23.7 Å². The van der Waals surface area contributed by atoms with Gasteiger partial charge >= 0.3 is 0 Å². The first-order valence-electron chi connectivity index (χ1n) is 18.9. The Balaban J connectivity index is 1.26. The van der Waals surface area contributed by atoms with Crippen LogP contribution in [0.3, 0.4) is 0 Å². The average molecular weight is 885 g/mol. The Morgan fingerprint density at radius 3 is 1.53 bits per heavy atom. The Morgan fingerprint density at radius 1 is 0.404 bits per heavy atom. The third-order valence-corrected chi connectivity index (χ3v) is 10.9. The Bertz CT molecular complexity index is 2330. The molecule has 0 heterocycles. The minimum absolute atomic E-state index is 0.359. The number of alkyl halides is 2. The van der Waals surface area contributed by atoms with E-state index in [4.69, 9.17) is 23.7 Å². The average Bonchev–Trinajstić information content (AvgIpc) is 3.27. The third kappa shape index (κ3) is 10.9. The maximum absolute atomic E-state index is 6.66. The number of aryl methyl sites for hydroxylation is 2. The van der Waals surface area contributed by atoms with Crippen molar-refractivity contribution in [3.05, 3.63) is 203 Å². The first-order valence-corrected chi connectivity index (χ1v) is 21.2. The van der Waals surface area contributed by atoms with Gasteiger partial charge in [-0.2, -0.15) is 0 Å². The van der Waals surface area contributed by atoms with E-state index in [0.717, 1.165) is 73.3 Å².